The highest BCUT2D eigenvalue weighted by Gasteiger charge is 2.44. The van der Waals surface area contributed by atoms with E-state index in [1.54, 1.807) is 86.3 Å². The second-order valence-electron chi connectivity index (χ2n) is 18.6. The first-order valence-corrected chi connectivity index (χ1v) is 24.8. The zero-order valence-electron chi connectivity index (χ0n) is 40.5. The Hall–Kier alpha value is -7.03. The third kappa shape index (κ3) is 12.8. The van der Waals surface area contributed by atoms with Crippen LogP contribution in [-0.4, -0.2) is 112 Å². The summed E-state index contributed by atoms with van der Waals surface area (Å²) < 4.78 is 41.0. The quantitative estimate of drug-likeness (QED) is 0.0545. The number of nitrogens with one attached hydrogen (secondary N) is 4. The number of hydrogen-bond acceptors (Lipinski definition) is 13. The topological polar surface area (TPSA) is 209 Å². The van der Waals surface area contributed by atoms with E-state index in [2.05, 4.69) is 36.2 Å². The Kier molecular flexibility index (Phi) is 16.6. The van der Waals surface area contributed by atoms with Crippen LogP contribution in [0.5, 0.6) is 0 Å². The molecule has 4 aromatic carbocycles. The standard InChI is InChI=1S/C53H54ClF2N9O7S/c1-30-47(73-29-61-30)32-10-8-31(9-11-32)24-59-50(69)42-23-37(66)27-65(42)51(70)48(53(2,3)4)63-43(67)28-72-21-20-71-19-18-57-49(68)33-12-15-36(16-13-33)62-52-60-26-34-25-58-46(44-40(55)6-5-7-41(44)56)39-22-35(54)14-17-38(39)45(34)64-52/h5-17,22,26,29,37,42,48,66H,18-21,23-25,27-28H2,1-4H3,(H,57,68)(H,59,69)(H,63,67)(H,60,62,64)/t37-,42+,48-/m1/s1. The van der Waals surface area contributed by atoms with Crippen LogP contribution in [0.1, 0.15) is 65.5 Å². The number of nitrogens with zero attached hydrogens (tertiary/aromatic N) is 5. The number of amides is 4. The molecule has 1 saturated heterocycles. The molecular weight excluding hydrogens is 980 g/mol. The molecule has 16 nitrogen and oxygen atoms in total. The van der Waals surface area contributed by atoms with Crippen LogP contribution in [0.25, 0.3) is 21.7 Å². The van der Waals surface area contributed by atoms with Crippen LogP contribution >= 0.6 is 22.9 Å². The minimum absolute atomic E-state index is 0.0484. The van der Waals surface area contributed by atoms with Gasteiger partial charge in [-0.25, -0.2) is 23.7 Å². The van der Waals surface area contributed by atoms with Crippen LogP contribution in [-0.2, 0) is 36.9 Å². The third-order valence-corrected chi connectivity index (χ3v) is 13.4. The number of ether oxygens (including phenoxy) is 2. The van der Waals surface area contributed by atoms with Gasteiger partial charge in [-0.2, -0.15) is 0 Å². The van der Waals surface area contributed by atoms with Crippen molar-refractivity contribution < 1.29 is 42.5 Å². The molecule has 0 saturated carbocycles. The monoisotopic (exact) mass is 1030 g/mol. The fourth-order valence-corrected chi connectivity index (χ4v) is 9.45. The van der Waals surface area contributed by atoms with Crippen molar-refractivity contribution in [2.45, 2.75) is 65.4 Å². The fourth-order valence-electron chi connectivity index (χ4n) is 8.46. The molecule has 2 aliphatic heterocycles. The van der Waals surface area contributed by atoms with E-state index in [-0.39, 0.29) is 82.2 Å². The van der Waals surface area contributed by atoms with Gasteiger partial charge in [0, 0.05) is 65.2 Å². The Labute approximate surface area is 429 Å². The van der Waals surface area contributed by atoms with Crippen LogP contribution in [0.3, 0.4) is 0 Å². The molecule has 6 aromatic rings. The van der Waals surface area contributed by atoms with Crippen molar-refractivity contribution in [3.05, 3.63) is 147 Å². The summed E-state index contributed by atoms with van der Waals surface area (Å²) in [5.74, 6) is -3.00. The summed E-state index contributed by atoms with van der Waals surface area (Å²) in [5.41, 5.74) is 6.92. The number of aliphatic hydroxyl groups excluding tert-OH is 1. The van der Waals surface area contributed by atoms with Gasteiger partial charge in [0.2, 0.25) is 23.7 Å². The van der Waals surface area contributed by atoms with Crippen LogP contribution in [0.15, 0.2) is 102 Å². The summed E-state index contributed by atoms with van der Waals surface area (Å²) in [6.07, 6.45) is 0.767. The summed E-state index contributed by atoms with van der Waals surface area (Å²) in [6, 6.07) is 21.2. The summed E-state index contributed by atoms with van der Waals surface area (Å²) >= 11 is 7.91. The molecule has 0 spiro atoms. The van der Waals surface area contributed by atoms with E-state index in [0.29, 0.717) is 38.7 Å². The van der Waals surface area contributed by atoms with E-state index in [4.69, 9.17) is 26.1 Å². The van der Waals surface area contributed by atoms with Gasteiger partial charge >= 0.3 is 0 Å². The van der Waals surface area contributed by atoms with Gasteiger partial charge in [-0.1, -0.05) is 68.8 Å². The molecule has 0 bridgehead atoms. The average Bonchev–Trinajstić information content (AvgIpc) is 3.95. The number of halogens is 3. The van der Waals surface area contributed by atoms with E-state index in [1.807, 2.05) is 31.2 Å². The van der Waals surface area contributed by atoms with Crippen molar-refractivity contribution in [3.8, 4) is 21.7 Å². The SMILES string of the molecule is Cc1ncsc1-c1ccc(CNC(=O)[C@@H]2C[C@@H](O)CN2C(=O)[C@@H](NC(=O)COCCOCCNC(=O)c2ccc(Nc3ncc4c(n3)-c3ccc(Cl)cc3C(c3c(F)cccc3F)=NC4)cc2)C(C)(C)C)cc1. The minimum atomic E-state index is -1.01. The molecular formula is C53H54ClF2N9O7S. The third-order valence-electron chi connectivity index (χ3n) is 12.2. The summed E-state index contributed by atoms with van der Waals surface area (Å²) in [7, 11) is 0. The Morgan fingerprint density at radius 3 is 2.37 bits per heavy atom. The highest BCUT2D eigenvalue weighted by molar-refractivity contribution is 7.13. The Balaban J connectivity index is 0.751. The number of aliphatic imine (C=N–C) groups is 1. The molecule has 1 fully saturated rings. The maximum Gasteiger partial charge on any atom is 0.251 e. The van der Waals surface area contributed by atoms with Gasteiger partial charge in [-0.3, -0.25) is 24.2 Å². The molecule has 4 heterocycles. The maximum atomic E-state index is 15.0. The number of carbonyl (C=O) groups excluding carboxylic acids is 4. The van der Waals surface area contributed by atoms with Gasteiger partial charge in [0.15, 0.2) is 0 Å². The molecule has 0 unspecified atom stereocenters. The zero-order valence-corrected chi connectivity index (χ0v) is 42.1. The number of aromatic nitrogens is 3. The highest BCUT2D eigenvalue weighted by atomic mass is 35.5. The van der Waals surface area contributed by atoms with E-state index in [1.165, 1.54) is 23.1 Å². The number of carbonyl (C=O) groups is 4. The summed E-state index contributed by atoms with van der Waals surface area (Å²) in [6.45, 7) is 7.83. The molecule has 73 heavy (non-hydrogen) atoms. The van der Waals surface area contributed by atoms with Gasteiger partial charge in [0.25, 0.3) is 5.91 Å². The van der Waals surface area contributed by atoms with Gasteiger partial charge in [-0.05, 0) is 72.0 Å². The smallest absolute Gasteiger partial charge is 0.251 e. The lowest BCUT2D eigenvalue weighted by Crippen LogP contribution is -2.58. The largest absolute Gasteiger partial charge is 0.391 e. The molecule has 2 aromatic heterocycles. The fraction of sp³-hybridized carbons (Fsp3) is 0.321. The average molecular weight is 1030 g/mol. The number of aryl methyl sites for hydroxylation is 1. The van der Waals surface area contributed by atoms with Crippen LogP contribution in [0.4, 0.5) is 20.4 Å². The van der Waals surface area contributed by atoms with Crippen molar-refractivity contribution in [2.75, 3.05) is 44.8 Å². The molecule has 20 heteroatoms. The molecule has 380 valence electrons. The van der Waals surface area contributed by atoms with E-state index >= 15 is 0 Å². The normalized spacial score (nSPS) is 15.6. The lowest BCUT2D eigenvalue weighted by Gasteiger charge is -2.35. The van der Waals surface area contributed by atoms with Gasteiger partial charge < -0.3 is 40.7 Å². The number of benzene rings is 4. The highest BCUT2D eigenvalue weighted by Crippen LogP contribution is 2.35. The lowest BCUT2D eigenvalue weighted by molar-refractivity contribution is -0.144. The molecule has 4 amide bonds. The second kappa shape index (κ2) is 23.2. The van der Waals surface area contributed by atoms with E-state index < -0.39 is 53.0 Å². The molecule has 8 rings (SSSR count). The van der Waals surface area contributed by atoms with Crippen molar-refractivity contribution in [1.82, 2.24) is 35.8 Å². The maximum absolute atomic E-state index is 15.0. The molecule has 2 aliphatic rings. The number of aliphatic hydroxyl groups is 1. The minimum Gasteiger partial charge on any atom is -0.391 e. The zero-order chi connectivity index (χ0) is 51.8. The lowest BCUT2D eigenvalue weighted by atomic mass is 9.85. The number of β-amino-alcohol motifs (C(OH)–C–C–N with tert-alkyl or cyclic N) is 1. The van der Waals surface area contributed by atoms with Gasteiger partial charge in [-0.15, -0.1) is 11.3 Å². The Bertz CT molecular complexity index is 3000. The van der Waals surface area contributed by atoms with Crippen molar-refractivity contribution >= 4 is 63.9 Å². The Morgan fingerprint density at radius 1 is 0.918 bits per heavy atom. The van der Waals surface area contributed by atoms with Crippen molar-refractivity contribution in [2.24, 2.45) is 10.4 Å². The first-order chi connectivity index (χ1) is 35.0. The summed E-state index contributed by atoms with van der Waals surface area (Å²) in [5, 5.41) is 22.5. The molecule has 0 aliphatic carbocycles. The number of anilines is 2. The number of fused-ring (bicyclic) bond motifs is 3. The predicted molar refractivity (Wildman–Crippen MR) is 274 cm³/mol. The number of thiazole rings is 1. The number of likely N-dealkylation sites (tertiary alicyclic amines) is 1. The van der Waals surface area contributed by atoms with Crippen molar-refractivity contribution in [3.63, 3.8) is 0 Å². The first kappa shape index (κ1) is 52.3. The molecule has 5 N–H and O–H groups in total. The van der Waals surface area contributed by atoms with E-state index in [0.717, 1.165) is 21.7 Å². The first-order valence-electron chi connectivity index (χ1n) is 23.5. The predicted octanol–water partition coefficient (Wildman–Crippen LogP) is 7.17. The molecule has 0 radical (unpaired) electrons. The molecule has 3 atom stereocenters. The second-order valence-corrected chi connectivity index (χ2v) is 19.9. The van der Waals surface area contributed by atoms with Crippen molar-refractivity contribution in [1.29, 1.82) is 0 Å². The van der Waals surface area contributed by atoms with Gasteiger partial charge in [0.1, 0.15) is 30.3 Å². The van der Waals surface area contributed by atoms with Gasteiger partial charge in [0.05, 0.1) is 65.5 Å². The number of hydrogen-bond donors (Lipinski definition) is 5. The number of rotatable bonds is 18. The van der Waals surface area contributed by atoms with E-state index in [9.17, 15) is 33.1 Å². The van der Waals surface area contributed by atoms with Crippen LogP contribution in [0, 0.1) is 24.0 Å². The Morgan fingerprint density at radius 2 is 1.66 bits per heavy atom. The van der Waals surface area contributed by atoms with Crippen LogP contribution in [0.2, 0.25) is 5.02 Å². The van der Waals surface area contributed by atoms with Crippen LogP contribution < -0.4 is 21.3 Å². The summed E-state index contributed by atoms with van der Waals surface area (Å²) in [4.78, 5) is 73.8.